The molecule has 0 saturated heterocycles. The minimum Gasteiger partial charge on any atom is -0.506 e. The summed E-state index contributed by atoms with van der Waals surface area (Å²) in [7, 11) is 4.12. The molecule has 1 heterocycles. The zero-order valence-corrected chi connectivity index (χ0v) is 11.3. The molecule has 4 heteroatoms. The first-order chi connectivity index (χ1) is 9.13. The lowest BCUT2D eigenvalue weighted by Gasteiger charge is -2.11. The molecule has 4 nitrogen and oxygen atoms in total. The lowest BCUT2D eigenvalue weighted by molar-refractivity contribution is 0.402. The Morgan fingerprint density at radius 1 is 1.11 bits per heavy atom. The number of rotatable bonds is 5. The number of hydrogen-bond donors (Lipinski definition) is 2. The maximum Gasteiger partial charge on any atom is 0.133 e. The first-order valence-electron chi connectivity index (χ1n) is 6.25. The summed E-state index contributed by atoms with van der Waals surface area (Å²) in [6, 6.07) is 11.8. The second-order valence-electron chi connectivity index (χ2n) is 4.80. The first-order valence-corrected chi connectivity index (χ1v) is 6.25. The second kappa shape index (κ2) is 6.20. The molecule has 2 rings (SSSR count). The molecule has 1 aromatic carbocycles. The van der Waals surface area contributed by atoms with E-state index in [0.717, 1.165) is 17.9 Å². The molecule has 0 aliphatic rings. The third-order valence-electron chi connectivity index (χ3n) is 2.74. The van der Waals surface area contributed by atoms with Gasteiger partial charge < -0.3 is 15.3 Å². The van der Waals surface area contributed by atoms with E-state index >= 15 is 0 Å². The number of nitrogens with zero attached hydrogens (tertiary/aromatic N) is 2. The van der Waals surface area contributed by atoms with E-state index in [9.17, 15) is 0 Å². The van der Waals surface area contributed by atoms with E-state index in [1.807, 2.05) is 6.07 Å². The van der Waals surface area contributed by atoms with Crippen molar-refractivity contribution in [3.63, 3.8) is 0 Å². The monoisotopic (exact) mass is 257 g/mol. The zero-order chi connectivity index (χ0) is 13.7. The van der Waals surface area contributed by atoms with E-state index in [4.69, 9.17) is 5.11 Å². The Hall–Kier alpha value is -2.07. The van der Waals surface area contributed by atoms with Gasteiger partial charge in [-0.1, -0.05) is 12.1 Å². The number of aromatic nitrogens is 1. The highest BCUT2D eigenvalue weighted by Gasteiger charge is 1.98. The normalized spacial score (nSPS) is 10.7. The number of nitrogens with one attached hydrogen (secondary N) is 1. The molecule has 0 bridgehead atoms. The van der Waals surface area contributed by atoms with Crippen LogP contribution in [0.15, 0.2) is 42.6 Å². The van der Waals surface area contributed by atoms with Gasteiger partial charge in [-0.3, -0.25) is 4.98 Å². The highest BCUT2D eigenvalue weighted by atomic mass is 16.3. The summed E-state index contributed by atoms with van der Waals surface area (Å²) < 4.78 is 0. The van der Waals surface area contributed by atoms with Crippen LogP contribution in [0, 0.1) is 0 Å². The Morgan fingerprint density at radius 3 is 2.42 bits per heavy atom. The molecule has 0 atom stereocenters. The molecule has 2 aromatic rings. The summed E-state index contributed by atoms with van der Waals surface area (Å²) in [5.41, 5.74) is 3.26. The molecule has 100 valence electrons. The van der Waals surface area contributed by atoms with E-state index in [1.165, 1.54) is 11.8 Å². The predicted octanol–water partition coefficient (Wildman–Crippen LogP) is 2.46. The van der Waals surface area contributed by atoms with Crippen LogP contribution in [0.2, 0.25) is 0 Å². The van der Waals surface area contributed by atoms with Crippen LogP contribution < -0.4 is 5.32 Å². The van der Waals surface area contributed by atoms with Crippen molar-refractivity contribution in [1.82, 2.24) is 9.88 Å². The largest absolute Gasteiger partial charge is 0.506 e. The first kappa shape index (κ1) is 13.4. The average Bonchev–Trinajstić information content (AvgIpc) is 2.39. The molecule has 0 unspecified atom stereocenters. The van der Waals surface area contributed by atoms with Crippen molar-refractivity contribution < 1.29 is 5.11 Å². The van der Waals surface area contributed by atoms with Crippen molar-refractivity contribution in [2.75, 3.05) is 19.4 Å². The highest BCUT2D eigenvalue weighted by molar-refractivity contribution is 5.44. The van der Waals surface area contributed by atoms with Gasteiger partial charge in [0.15, 0.2) is 0 Å². The Balaban J connectivity index is 1.91. The standard InChI is InChI=1S/C15H19N3O/c1-18(2)11-12-3-5-13(6-4-12)16-9-14-7-8-15(19)10-17-14/h3-8,10,16,19H,9,11H2,1-2H3. The van der Waals surface area contributed by atoms with Crippen LogP contribution in [0.5, 0.6) is 5.75 Å². The van der Waals surface area contributed by atoms with Crippen molar-refractivity contribution >= 4 is 5.69 Å². The van der Waals surface area contributed by atoms with Gasteiger partial charge in [0.1, 0.15) is 5.75 Å². The lowest BCUT2D eigenvalue weighted by Crippen LogP contribution is -2.10. The Bertz CT molecular complexity index is 506. The Kier molecular flexibility index (Phi) is 4.36. The van der Waals surface area contributed by atoms with Gasteiger partial charge in [0.25, 0.3) is 0 Å². The van der Waals surface area contributed by atoms with E-state index < -0.39 is 0 Å². The molecule has 0 radical (unpaired) electrons. The zero-order valence-electron chi connectivity index (χ0n) is 11.3. The van der Waals surface area contributed by atoms with E-state index in [1.54, 1.807) is 6.07 Å². The fourth-order valence-corrected chi connectivity index (χ4v) is 1.81. The molecule has 19 heavy (non-hydrogen) atoms. The summed E-state index contributed by atoms with van der Waals surface area (Å²) in [5, 5.41) is 12.5. The van der Waals surface area contributed by atoms with Gasteiger partial charge in [-0.15, -0.1) is 0 Å². The van der Waals surface area contributed by atoms with Gasteiger partial charge in [-0.05, 0) is 43.9 Å². The molecular weight excluding hydrogens is 238 g/mol. The fourth-order valence-electron chi connectivity index (χ4n) is 1.81. The SMILES string of the molecule is CN(C)Cc1ccc(NCc2ccc(O)cn2)cc1. The lowest BCUT2D eigenvalue weighted by atomic mass is 10.2. The molecule has 0 saturated carbocycles. The van der Waals surface area contributed by atoms with Gasteiger partial charge in [-0.2, -0.15) is 0 Å². The molecule has 0 fully saturated rings. The van der Waals surface area contributed by atoms with Gasteiger partial charge in [0, 0.05) is 12.2 Å². The minimum absolute atomic E-state index is 0.191. The summed E-state index contributed by atoms with van der Waals surface area (Å²) in [5.74, 6) is 0.191. The number of benzene rings is 1. The van der Waals surface area contributed by atoms with Gasteiger partial charge in [0.2, 0.25) is 0 Å². The van der Waals surface area contributed by atoms with Crippen molar-refractivity contribution in [1.29, 1.82) is 0 Å². The van der Waals surface area contributed by atoms with Crippen LogP contribution in [0.1, 0.15) is 11.3 Å². The van der Waals surface area contributed by atoms with Crippen molar-refractivity contribution in [3.05, 3.63) is 53.9 Å². The van der Waals surface area contributed by atoms with Crippen LogP contribution >= 0.6 is 0 Å². The van der Waals surface area contributed by atoms with E-state index in [2.05, 4.69) is 53.6 Å². The number of pyridine rings is 1. The van der Waals surface area contributed by atoms with Crippen molar-refractivity contribution in [3.8, 4) is 5.75 Å². The topological polar surface area (TPSA) is 48.4 Å². The Labute approximate surface area is 113 Å². The van der Waals surface area contributed by atoms with Crippen LogP contribution in [0.4, 0.5) is 5.69 Å². The maximum atomic E-state index is 9.16. The summed E-state index contributed by atoms with van der Waals surface area (Å²) in [4.78, 5) is 6.27. The molecular formula is C15H19N3O. The van der Waals surface area contributed by atoms with Crippen LogP contribution in [0.25, 0.3) is 0 Å². The fraction of sp³-hybridized carbons (Fsp3) is 0.267. The number of aromatic hydroxyl groups is 1. The molecule has 0 aliphatic heterocycles. The van der Waals surface area contributed by atoms with Crippen molar-refractivity contribution in [2.24, 2.45) is 0 Å². The maximum absolute atomic E-state index is 9.16. The van der Waals surface area contributed by atoms with E-state index in [-0.39, 0.29) is 5.75 Å². The molecule has 0 aliphatic carbocycles. The van der Waals surface area contributed by atoms with Gasteiger partial charge in [-0.25, -0.2) is 0 Å². The third kappa shape index (κ3) is 4.26. The number of anilines is 1. The Morgan fingerprint density at radius 2 is 1.84 bits per heavy atom. The second-order valence-corrected chi connectivity index (χ2v) is 4.80. The molecule has 2 N–H and O–H groups in total. The predicted molar refractivity (Wildman–Crippen MR) is 77.1 cm³/mol. The van der Waals surface area contributed by atoms with Gasteiger partial charge in [0.05, 0.1) is 18.4 Å². The average molecular weight is 257 g/mol. The van der Waals surface area contributed by atoms with Crippen LogP contribution in [0.3, 0.4) is 0 Å². The third-order valence-corrected chi connectivity index (χ3v) is 2.74. The van der Waals surface area contributed by atoms with Crippen LogP contribution in [-0.2, 0) is 13.1 Å². The highest BCUT2D eigenvalue weighted by Crippen LogP contribution is 2.12. The molecule has 1 aromatic heterocycles. The van der Waals surface area contributed by atoms with Crippen molar-refractivity contribution in [2.45, 2.75) is 13.1 Å². The van der Waals surface area contributed by atoms with Gasteiger partial charge >= 0.3 is 0 Å². The molecule has 0 amide bonds. The quantitative estimate of drug-likeness (QED) is 0.864. The smallest absolute Gasteiger partial charge is 0.133 e. The van der Waals surface area contributed by atoms with Crippen LogP contribution in [-0.4, -0.2) is 29.1 Å². The summed E-state index contributed by atoms with van der Waals surface area (Å²) in [6.07, 6.45) is 1.46. The minimum atomic E-state index is 0.191. The molecule has 0 spiro atoms. The summed E-state index contributed by atoms with van der Waals surface area (Å²) in [6.45, 7) is 1.59. The summed E-state index contributed by atoms with van der Waals surface area (Å²) >= 11 is 0. The van der Waals surface area contributed by atoms with E-state index in [0.29, 0.717) is 6.54 Å². The number of hydrogen-bond acceptors (Lipinski definition) is 4.